The van der Waals surface area contributed by atoms with E-state index in [-0.39, 0.29) is 31.0 Å². The zero-order chi connectivity index (χ0) is 34.7. The summed E-state index contributed by atoms with van der Waals surface area (Å²) < 4.78 is 26.2. The van der Waals surface area contributed by atoms with Crippen LogP contribution in [0.4, 0.5) is 10.5 Å². The number of hydrogen-bond acceptors (Lipinski definition) is 11. The van der Waals surface area contributed by atoms with E-state index in [1.165, 1.54) is 19.1 Å². The van der Waals surface area contributed by atoms with Gasteiger partial charge in [0.25, 0.3) is 0 Å². The number of nitrogens with zero attached hydrogens (tertiary/aromatic N) is 1. The molecule has 3 amide bonds. The Morgan fingerprint density at radius 1 is 0.979 bits per heavy atom. The number of hydrogen-bond donors (Lipinski definition) is 1. The minimum atomic E-state index is -1.60. The molecule has 0 radical (unpaired) electrons. The fraction of sp³-hybridized carbons (Fsp3) is 0.500. The van der Waals surface area contributed by atoms with Crippen LogP contribution < -0.4 is 10.9 Å². The minimum absolute atomic E-state index is 0.215. The smallest absolute Gasteiger partial charge is 0.412 e. The molecule has 1 aromatic carbocycles. The van der Waals surface area contributed by atoms with Gasteiger partial charge in [0.2, 0.25) is 11.8 Å². The van der Waals surface area contributed by atoms with Crippen molar-refractivity contribution in [1.82, 2.24) is 4.90 Å². The molecule has 0 aliphatic carbocycles. The van der Waals surface area contributed by atoms with E-state index in [0.717, 1.165) is 4.90 Å². The number of imide groups is 1. The average Bonchev–Trinajstić information content (AvgIpc) is 3.58. The molecule has 47 heavy (non-hydrogen) atoms. The van der Waals surface area contributed by atoms with Gasteiger partial charge >= 0.3 is 23.7 Å². The largest absolute Gasteiger partial charge is 0.463 e. The first-order valence-electron chi connectivity index (χ1n) is 14.8. The molecule has 2 saturated heterocycles. The number of alkyl halides is 2. The maximum Gasteiger partial charge on any atom is 0.412 e. The molecule has 252 valence electrons. The van der Waals surface area contributed by atoms with Gasteiger partial charge in [-0.05, 0) is 71.4 Å². The maximum absolute atomic E-state index is 13.9. The van der Waals surface area contributed by atoms with Crippen molar-refractivity contribution in [3.63, 3.8) is 0 Å². The van der Waals surface area contributed by atoms with Crippen LogP contribution in [0.25, 0.3) is 11.0 Å². The van der Waals surface area contributed by atoms with Crippen molar-refractivity contribution >= 4 is 78.4 Å². The molecule has 2 bridgehead atoms. The lowest BCUT2D eigenvalue weighted by molar-refractivity contribution is -0.168. The first kappa shape index (κ1) is 34.8. The summed E-state index contributed by atoms with van der Waals surface area (Å²) in [4.78, 5) is 78.6. The number of rotatable bonds is 10. The predicted molar refractivity (Wildman–Crippen MR) is 174 cm³/mol. The van der Waals surface area contributed by atoms with Crippen LogP contribution in [-0.2, 0) is 38.1 Å². The molecule has 2 aromatic rings. The highest BCUT2D eigenvalue weighted by Gasteiger charge is 2.75. The number of aryl methyl sites for hydroxylation is 1. The van der Waals surface area contributed by atoms with Crippen molar-refractivity contribution in [1.29, 1.82) is 0 Å². The van der Waals surface area contributed by atoms with Crippen LogP contribution in [0.1, 0.15) is 40.2 Å². The molecule has 2 fully saturated rings. The van der Waals surface area contributed by atoms with Crippen molar-refractivity contribution < 1.29 is 47.3 Å². The summed E-state index contributed by atoms with van der Waals surface area (Å²) >= 11 is 6.48. The molecular weight excluding hydrogens is 748 g/mol. The van der Waals surface area contributed by atoms with Crippen LogP contribution in [0.2, 0.25) is 0 Å². The molecule has 0 spiro atoms. The second-order valence-electron chi connectivity index (χ2n) is 12.8. The Hall–Kier alpha value is -3.56. The quantitative estimate of drug-likeness (QED) is 0.0919. The molecule has 5 atom stereocenters. The van der Waals surface area contributed by atoms with E-state index >= 15 is 0 Å². The van der Waals surface area contributed by atoms with Crippen LogP contribution in [0.15, 0.2) is 45.6 Å². The number of amides is 3. The molecule has 4 heterocycles. The number of likely N-dealkylation sites (tertiary alicyclic amines) is 1. The number of fused-ring (bicyclic) bond motifs is 6. The second kappa shape index (κ2) is 12.2. The van der Waals surface area contributed by atoms with Crippen LogP contribution in [-0.4, -0.2) is 80.5 Å². The normalized spacial score (nSPS) is 25.6. The zero-order valence-corrected chi connectivity index (χ0v) is 29.7. The van der Waals surface area contributed by atoms with Crippen molar-refractivity contribution in [3.8, 4) is 0 Å². The number of carbonyl (C=O) groups excluding carboxylic acids is 5. The number of carbonyl (C=O) groups is 5. The maximum atomic E-state index is 13.9. The highest BCUT2D eigenvalue weighted by Crippen LogP contribution is 2.59. The third-order valence-electron chi connectivity index (χ3n) is 8.47. The molecule has 13 nitrogen and oxygen atoms in total. The summed E-state index contributed by atoms with van der Waals surface area (Å²) in [5.41, 5.74) is -2.40. The summed E-state index contributed by atoms with van der Waals surface area (Å²) in [6.07, 6.45) is 1.11. The molecule has 1 aromatic heterocycles. The van der Waals surface area contributed by atoms with Gasteiger partial charge < -0.3 is 23.4 Å². The van der Waals surface area contributed by atoms with Gasteiger partial charge in [0.05, 0.1) is 18.4 Å². The van der Waals surface area contributed by atoms with Crippen LogP contribution in [0.3, 0.4) is 0 Å². The Morgan fingerprint density at radius 2 is 1.62 bits per heavy atom. The Bertz CT molecular complexity index is 1760. The summed E-state index contributed by atoms with van der Waals surface area (Å²) in [5, 5.41) is 3.29. The first-order valence-corrected chi connectivity index (χ1v) is 16.4. The number of benzene rings is 1. The third kappa shape index (κ3) is 6.36. The van der Waals surface area contributed by atoms with Gasteiger partial charge in [-0.25, -0.2) is 9.59 Å². The van der Waals surface area contributed by atoms with E-state index < -0.39 is 73.3 Å². The first-order chi connectivity index (χ1) is 21.8. The number of ether oxygens (including phenoxy) is 4. The van der Waals surface area contributed by atoms with E-state index in [4.69, 9.17) is 23.4 Å². The lowest BCUT2D eigenvalue weighted by Crippen LogP contribution is -2.50. The van der Waals surface area contributed by atoms with Gasteiger partial charge in [0, 0.05) is 23.2 Å². The van der Waals surface area contributed by atoms with Gasteiger partial charge in [-0.2, -0.15) is 0 Å². The highest BCUT2D eigenvalue weighted by atomic mass is 79.9. The van der Waals surface area contributed by atoms with Crippen molar-refractivity contribution in [2.45, 2.75) is 67.5 Å². The standard InChI is InChI=1S/C32H34Br2N2O11/c1-16-13-21(37)46-20-14-18(7-8-19(16)20)35-28(42)45-17(2)32-10-9-31(47-32,15-44-27(41)30(5,6)34)22-23(32)25(39)36(24(22)38)11-12-43-26(40)29(3,4)33/h7-10,13-14,17,22-23H,11-12,15H2,1-6H3,(H,35,42)/t17?,22-,23+,31-,32+/m0/s1. The van der Waals surface area contributed by atoms with Gasteiger partial charge in [-0.3, -0.25) is 29.4 Å². The van der Waals surface area contributed by atoms with E-state index in [0.29, 0.717) is 10.9 Å². The summed E-state index contributed by atoms with van der Waals surface area (Å²) in [6, 6.07) is 6.15. The van der Waals surface area contributed by atoms with Crippen LogP contribution in [0, 0.1) is 18.8 Å². The lowest BCUT2D eigenvalue weighted by Gasteiger charge is -2.34. The molecule has 0 saturated carbocycles. The second-order valence-corrected chi connectivity index (χ2v) is 16.8. The van der Waals surface area contributed by atoms with Crippen LogP contribution in [0.5, 0.6) is 0 Å². The fourth-order valence-electron chi connectivity index (χ4n) is 6.09. The van der Waals surface area contributed by atoms with Crippen molar-refractivity contribution in [3.05, 3.63) is 52.4 Å². The van der Waals surface area contributed by atoms with Crippen molar-refractivity contribution in [2.24, 2.45) is 11.8 Å². The van der Waals surface area contributed by atoms with E-state index in [1.807, 2.05) is 0 Å². The van der Waals surface area contributed by atoms with Gasteiger partial charge in [-0.15, -0.1) is 0 Å². The van der Waals surface area contributed by atoms with Crippen LogP contribution >= 0.6 is 31.9 Å². The molecule has 5 rings (SSSR count). The Morgan fingerprint density at radius 3 is 2.28 bits per heavy atom. The SMILES string of the molecule is Cc1cc(=O)oc2cc(NC(=O)OC(C)[C@@]34C=C[C@@](COC(=O)C(C)(C)Br)(O3)[C@@H]3C(=O)N(CCOC(=O)C(C)(C)Br)C(=O)[C@@H]34)ccc12. The monoisotopic (exact) mass is 780 g/mol. The topological polar surface area (TPSA) is 168 Å². The third-order valence-corrected chi connectivity index (χ3v) is 9.11. The molecule has 15 heteroatoms. The van der Waals surface area contributed by atoms with Gasteiger partial charge in [0.1, 0.15) is 44.8 Å². The van der Waals surface area contributed by atoms with E-state index in [2.05, 4.69) is 37.2 Å². The molecule has 3 aliphatic rings. The van der Waals surface area contributed by atoms with E-state index in [1.54, 1.807) is 58.9 Å². The fourth-order valence-corrected chi connectivity index (χ4v) is 6.32. The van der Waals surface area contributed by atoms with Crippen molar-refractivity contribution in [2.75, 3.05) is 25.1 Å². The summed E-state index contributed by atoms with van der Waals surface area (Å²) in [6.45, 7) is 8.84. The van der Waals surface area contributed by atoms with E-state index in [9.17, 15) is 28.8 Å². The number of esters is 2. The highest BCUT2D eigenvalue weighted by molar-refractivity contribution is 9.10. The summed E-state index contributed by atoms with van der Waals surface area (Å²) in [5.74, 6) is -4.65. The zero-order valence-electron chi connectivity index (χ0n) is 26.5. The number of nitrogens with one attached hydrogen (secondary N) is 1. The number of halogens is 2. The van der Waals surface area contributed by atoms with Gasteiger partial charge in [0.15, 0.2) is 0 Å². The predicted octanol–water partition coefficient (Wildman–Crippen LogP) is 4.15. The number of anilines is 1. The van der Waals surface area contributed by atoms with Gasteiger partial charge in [-0.1, -0.05) is 31.9 Å². The average molecular weight is 782 g/mol. The molecule has 1 N–H and O–H groups in total. The Labute approximate surface area is 286 Å². The Balaban J connectivity index is 1.38. The molecule has 3 aliphatic heterocycles. The molecule has 1 unspecified atom stereocenters. The lowest BCUT2D eigenvalue weighted by atomic mass is 9.70. The minimum Gasteiger partial charge on any atom is -0.463 e. The molecular formula is C32H34Br2N2O11. The Kier molecular flexibility index (Phi) is 8.99. The summed E-state index contributed by atoms with van der Waals surface area (Å²) in [7, 11) is 0.